The molecule has 202 valence electrons. The maximum atomic E-state index is 13.1. The van der Waals surface area contributed by atoms with Gasteiger partial charge in [-0.2, -0.15) is 8.78 Å². The molecule has 38 heavy (non-hydrogen) atoms. The first-order valence-corrected chi connectivity index (χ1v) is 13.4. The molecule has 1 aliphatic rings. The number of pyridine rings is 1. The molecular formula is C27H26Cl2F2N2O4S. The van der Waals surface area contributed by atoms with E-state index in [1.165, 1.54) is 18.5 Å². The van der Waals surface area contributed by atoms with Gasteiger partial charge in [-0.05, 0) is 72.0 Å². The summed E-state index contributed by atoms with van der Waals surface area (Å²) in [5.41, 5.74) is 1.98. The van der Waals surface area contributed by atoms with Gasteiger partial charge in [0.05, 0.1) is 16.7 Å². The number of benzene rings is 2. The number of ether oxygens (including phenoxy) is 3. The molecule has 0 radical (unpaired) electrons. The Hall–Kier alpha value is -2.75. The lowest BCUT2D eigenvalue weighted by Crippen LogP contribution is -2.13. The SMILES string of the molecule is CN(C)c1cccc(SC(=O)O[C@@H](Cc2c(Cl)cncc2Cl)c2ccc(OC(F)F)c(OCC3CC3)c2)c1. The number of anilines is 1. The number of aromatic nitrogens is 1. The number of halogens is 4. The van der Waals surface area contributed by atoms with E-state index in [0.29, 0.717) is 38.6 Å². The number of carbonyl (C=O) groups excluding carboxylic acids is 1. The summed E-state index contributed by atoms with van der Waals surface area (Å²) in [6.07, 6.45) is 4.22. The highest BCUT2D eigenvalue weighted by Gasteiger charge is 2.26. The molecule has 0 spiro atoms. The summed E-state index contributed by atoms with van der Waals surface area (Å²) < 4.78 is 42.4. The van der Waals surface area contributed by atoms with Gasteiger partial charge in [0, 0.05) is 43.5 Å². The van der Waals surface area contributed by atoms with E-state index < -0.39 is 18.0 Å². The molecule has 1 aliphatic carbocycles. The van der Waals surface area contributed by atoms with Crippen LogP contribution in [-0.2, 0) is 11.2 Å². The molecule has 1 aromatic heterocycles. The van der Waals surface area contributed by atoms with Crippen molar-refractivity contribution in [2.45, 2.75) is 36.9 Å². The van der Waals surface area contributed by atoms with Crippen molar-refractivity contribution < 1.29 is 27.8 Å². The summed E-state index contributed by atoms with van der Waals surface area (Å²) in [6.45, 7) is -2.63. The normalized spacial score (nSPS) is 13.8. The first-order chi connectivity index (χ1) is 18.2. The van der Waals surface area contributed by atoms with Crippen LogP contribution in [0.2, 0.25) is 10.0 Å². The van der Waals surface area contributed by atoms with Crippen LogP contribution in [0.5, 0.6) is 11.5 Å². The van der Waals surface area contributed by atoms with Crippen molar-refractivity contribution in [3.8, 4) is 11.5 Å². The Morgan fingerprint density at radius 2 is 1.84 bits per heavy atom. The smallest absolute Gasteiger partial charge is 0.387 e. The monoisotopic (exact) mass is 582 g/mol. The quantitative estimate of drug-likeness (QED) is 0.167. The number of carbonyl (C=O) groups is 1. The average Bonchev–Trinajstić information content (AvgIpc) is 3.69. The summed E-state index contributed by atoms with van der Waals surface area (Å²) in [6, 6.07) is 12.0. The molecule has 1 atom stereocenters. The first-order valence-electron chi connectivity index (χ1n) is 11.8. The number of hydrogen-bond donors (Lipinski definition) is 0. The Balaban J connectivity index is 1.62. The average molecular weight is 583 g/mol. The number of nitrogens with zero attached hydrogens (tertiary/aromatic N) is 2. The molecule has 0 aliphatic heterocycles. The van der Waals surface area contributed by atoms with E-state index >= 15 is 0 Å². The molecular weight excluding hydrogens is 557 g/mol. The first kappa shape index (κ1) is 28.3. The third-order valence-electron chi connectivity index (χ3n) is 5.84. The Morgan fingerprint density at radius 3 is 2.50 bits per heavy atom. The van der Waals surface area contributed by atoms with Crippen LogP contribution in [0.1, 0.15) is 30.1 Å². The largest absolute Gasteiger partial charge is 0.489 e. The van der Waals surface area contributed by atoms with Crippen LogP contribution in [0.15, 0.2) is 59.8 Å². The molecule has 0 N–H and O–H groups in total. The fraction of sp³-hybridized carbons (Fsp3) is 0.333. The van der Waals surface area contributed by atoms with E-state index in [2.05, 4.69) is 9.72 Å². The van der Waals surface area contributed by atoms with Gasteiger partial charge in [-0.25, -0.2) is 4.79 Å². The highest BCUT2D eigenvalue weighted by molar-refractivity contribution is 8.13. The highest BCUT2D eigenvalue weighted by atomic mass is 35.5. The van der Waals surface area contributed by atoms with Crippen LogP contribution >= 0.6 is 35.0 Å². The van der Waals surface area contributed by atoms with E-state index in [0.717, 1.165) is 30.3 Å². The molecule has 2 aromatic carbocycles. The van der Waals surface area contributed by atoms with E-state index in [-0.39, 0.29) is 17.9 Å². The summed E-state index contributed by atoms with van der Waals surface area (Å²) in [7, 11) is 3.81. The lowest BCUT2D eigenvalue weighted by Gasteiger charge is -2.21. The minimum absolute atomic E-state index is 0.0932. The minimum atomic E-state index is -3.01. The van der Waals surface area contributed by atoms with Gasteiger partial charge in [-0.3, -0.25) is 4.98 Å². The van der Waals surface area contributed by atoms with E-state index in [1.54, 1.807) is 12.1 Å². The summed E-state index contributed by atoms with van der Waals surface area (Å²) in [5, 5.41) is 0.0704. The molecule has 6 nitrogen and oxygen atoms in total. The number of alkyl halides is 2. The van der Waals surface area contributed by atoms with Gasteiger partial charge in [0.1, 0.15) is 6.10 Å². The Labute approximate surface area is 234 Å². The molecule has 0 bridgehead atoms. The summed E-state index contributed by atoms with van der Waals surface area (Å²) in [5.74, 6) is 0.439. The molecule has 3 aromatic rings. The van der Waals surface area contributed by atoms with Crippen LogP contribution in [0.3, 0.4) is 0 Å². The fourth-order valence-electron chi connectivity index (χ4n) is 3.63. The Bertz CT molecular complexity index is 1260. The van der Waals surface area contributed by atoms with Crippen LogP contribution in [-0.4, -0.2) is 37.6 Å². The van der Waals surface area contributed by atoms with Gasteiger partial charge >= 0.3 is 11.9 Å². The zero-order valence-corrected chi connectivity index (χ0v) is 23.0. The van der Waals surface area contributed by atoms with Crippen molar-refractivity contribution in [2.75, 3.05) is 25.6 Å². The number of hydrogen-bond acceptors (Lipinski definition) is 7. The third-order valence-corrected chi connectivity index (χ3v) is 7.25. The van der Waals surface area contributed by atoms with Gasteiger partial charge in [0.2, 0.25) is 0 Å². The zero-order chi connectivity index (χ0) is 27.2. The maximum absolute atomic E-state index is 13.1. The Morgan fingerprint density at radius 1 is 1.11 bits per heavy atom. The van der Waals surface area contributed by atoms with E-state index in [1.807, 2.05) is 43.3 Å². The van der Waals surface area contributed by atoms with Crippen molar-refractivity contribution in [1.82, 2.24) is 4.98 Å². The molecule has 0 unspecified atom stereocenters. The van der Waals surface area contributed by atoms with Gasteiger partial charge in [-0.1, -0.05) is 35.3 Å². The fourth-order valence-corrected chi connectivity index (χ4v) is 4.83. The van der Waals surface area contributed by atoms with Crippen LogP contribution in [0.4, 0.5) is 19.3 Å². The van der Waals surface area contributed by atoms with Gasteiger partial charge in [0.25, 0.3) is 0 Å². The minimum Gasteiger partial charge on any atom is -0.489 e. The predicted molar refractivity (Wildman–Crippen MR) is 145 cm³/mol. The van der Waals surface area contributed by atoms with Crippen LogP contribution in [0.25, 0.3) is 0 Å². The molecule has 4 rings (SSSR count). The van der Waals surface area contributed by atoms with Crippen LogP contribution < -0.4 is 14.4 Å². The highest BCUT2D eigenvalue weighted by Crippen LogP contribution is 2.38. The number of rotatable bonds is 11. The Kier molecular flexibility index (Phi) is 9.57. The summed E-state index contributed by atoms with van der Waals surface area (Å²) >= 11 is 13.6. The van der Waals surface area contributed by atoms with Gasteiger partial charge < -0.3 is 19.1 Å². The van der Waals surface area contributed by atoms with Gasteiger partial charge in [-0.15, -0.1) is 0 Å². The van der Waals surface area contributed by atoms with Gasteiger partial charge in [0.15, 0.2) is 11.5 Å². The van der Waals surface area contributed by atoms with E-state index in [4.69, 9.17) is 32.7 Å². The lowest BCUT2D eigenvalue weighted by molar-refractivity contribution is -0.0515. The maximum Gasteiger partial charge on any atom is 0.387 e. The molecule has 1 heterocycles. The topological polar surface area (TPSA) is 60.9 Å². The number of thioether (sulfide) groups is 1. The molecule has 0 saturated heterocycles. The molecule has 0 amide bonds. The predicted octanol–water partition coefficient (Wildman–Crippen LogP) is 8.06. The molecule has 1 saturated carbocycles. The lowest BCUT2D eigenvalue weighted by atomic mass is 10.0. The molecule has 11 heteroatoms. The van der Waals surface area contributed by atoms with Crippen molar-refractivity contribution in [3.63, 3.8) is 0 Å². The second-order valence-corrected chi connectivity index (χ2v) is 10.8. The third kappa shape index (κ3) is 7.88. The van der Waals surface area contributed by atoms with E-state index in [9.17, 15) is 13.6 Å². The van der Waals surface area contributed by atoms with Crippen molar-refractivity contribution in [2.24, 2.45) is 5.92 Å². The van der Waals surface area contributed by atoms with Crippen molar-refractivity contribution >= 4 is 46.0 Å². The van der Waals surface area contributed by atoms with Crippen LogP contribution in [0, 0.1) is 5.92 Å². The standard InChI is InChI=1S/C27H26Cl2F2N2O4S/c1-33(2)18-4-3-5-19(11-18)38-27(34)37-24(12-20-21(28)13-32-14-22(20)29)17-8-9-23(36-26(30)31)25(10-17)35-15-16-6-7-16/h3-5,8-11,13-14,16,24,26H,6-7,12,15H2,1-2H3/t24-/m0/s1. The second kappa shape index (κ2) is 12.9. The molecule has 1 fully saturated rings. The zero-order valence-electron chi connectivity index (χ0n) is 20.7. The second-order valence-electron chi connectivity index (χ2n) is 8.98. The van der Waals surface area contributed by atoms with Crippen molar-refractivity contribution in [1.29, 1.82) is 0 Å². The summed E-state index contributed by atoms with van der Waals surface area (Å²) in [4.78, 5) is 19.7. The van der Waals surface area contributed by atoms with Crippen molar-refractivity contribution in [3.05, 3.63) is 76.0 Å².